The molecule has 1 amide bonds. The van der Waals surface area contributed by atoms with Gasteiger partial charge in [-0.05, 0) is 29.8 Å². The first-order valence-electron chi connectivity index (χ1n) is 9.22. The SMILES string of the molecule is O=C(Cc1ccc([SH](=O)=O)cc1F)Nc1nc2c(s1)CN(c1cccc(Cl)c1Cl)CC2. The number of benzene rings is 2. The Morgan fingerprint density at radius 1 is 1.26 bits per heavy atom. The van der Waals surface area contributed by atoms with Crippen molar-refractivity contribution in [3.63, 3.8) is 0 Å². The Labute approximate surface area is 193 Å². The Morgan fingerprint density at radius 2 is 2.06 bits per heavy atom. The van der Waals surface area contributed by atoms with Gasteiger partial charge in [-0.25, -0.2) is 17.8 Å². The molecule has 0 saturated heterocycles. The van der Waals surface area contributed by atoms with Gasteiger partial charge in [0, 0.05) is 17.8 Å². The van der Waals surface area contributed by atoms with E-state index in [0.29, 0.717) is 34.7 Å². The zero-order chi connectivity index (χ0) is 22.1. The molecule has 1 aliphatic heterocycles. The number of aromatic nitrogens is 1. The molecule has 3 aromatic rings. The van der Waals surface area contributed by atoms with Crippen LogP contribution in [0.15, 0.2) is 41.3 Å². The van der Waals surface area contributed by atoms with E-state index >= 15 is 0 Å². The van der Waals surface area contributed by atoms with Gasteiger partial charge in [0.2, 0.25) is 5.91 Å². The highest BCUT2D eigenvalue weighted by Gasteiger charge is 2.23. The number of nitrogens with one attached hydrogen (secondary N) is 1. The Balaban J connectivity index is 1.44. The minimum Gasteiger partial charge on any atom is -0.365 e. The molecule has 0 aliphatic carbocycles. The van der Waals surface area contributed by atoms with Crippen LogP contribution in [-0.2, 0) is 34.9 Å². The fourth-order valence-corrected chi connectivity index (χ4v) is 5.19. The topological polar surface area (TPSA) is 79.4 Å². The number of hydrogen-bond acceptors (Lipinski definition) is 6. The first-order chi connectivity index (χ1) is 14.8. The summed E-state index contributed by atoms with van der Waals surface area (Å²) >= 11 is 13.8. The van der Waals surface area contributed by atoms with E-state index in [9.17, 15) is 17.6 Å². The van der Waals surface area contributed by atoms with Crippen molar-refractivity contribution < 1.29 is 17.6 Å². The second-order valence-corrected chi connectivity index (χ2v) is 9.79. The van der Waals surface area contributed by atoms with E-state index < -0.39 is 22.4 Å². The highest BCUT2D eigenvalue weighted by Crippen LogP contribution is 2.36. The molecule has 0 saturated carbocycles. The molecule has 0 radical (unpaired) electrons. The van der Waals surface area contributed by atoms with Crippen LogP contribution in [0.4, 0.5) is 15.2 Å². The molecular formula is C20H16Cl2FN3O3S2. The van der Waals surface area contributed by atoms with Gasteiger partial charge in [0.1, 0.15) is 5.82 Å². The molecule has 0 spiro atoms. The summed E-state index contributed by atoms with van der Waals surface area (Å²) in [6.07, 6.45) is 0.463. The van der Waals surface area contributed by atoms with Crippen LogP contribution in [0.25, 0.3) is 0 Å². The summed E-state index contributed by atoms with van der Waals surface area (Å²) in [5.41, 5.74) is 1.86. The molecule has 11 heteroatoms. The Hall–Kier alpha value is -2.20. The Kier molecular flexibility index (Phi) is 6.47. The summed E-state index contributed by atoms with van der Waals surface area (Å²) in [6, 6.07) is 8.97. The summed E-state index contributed by atoms with van der Waals surface area (Å²) in [4.78, 5) is 19.8. The summed E-state index contributed by atoms with van der Waals surface area (Å²) in [5.74, 6) is -1.17. The second kappa shape index (κ2) is 9.12. The predicted molar refractivity (Wildman–Crippen MR) is 121 cm³/mol. The van der Waals surface area contributed by atoms with Crippen molar-refractivity contribution in [3.8, 4) is 0 Å². The van der Waals surface area contributed by atoms with Crippen LogP contribution < -0.4 is 10.2 Å². The molecule has 1 aliphatic rings. The lowest BCUT2D eigenvalue weighted by Gasteiger charge is -2.29. The van der Waals surface area contributed by atoms with Gasteiger partial charge in [-0.1, -0.05) is 46.7 Å². The lowest BCUT2D eigenvalue weighted by molar-refractivity contribution is -0.115. The van der Waals surface area contributed by atoms with Crippen LogP contribution in [0.3, 0.4) is 0 Å². The zero-order valence-electron chi connectivity index (χ0n) is 15.9. The van der Waals surface area contributed by atoms with Crippen LogP contribution >= 0.6 is 34.5 Å². The number of anilines is 2. The molecule has 162 valence electrons. The van der Waals surface area contributed by atoms with Crippen molar-refractivity contribution in [2.45, 2.75) is 24.3 Å². The standard InChI is InChI=1S/C20H16Cl2FN3O3S2/c21-13-2-1-3-16(19(13)22)26-7-6-15-17(10-26)30-20(24-15)25-18(27)8-11-4-5-12(31(28)29)9-14(11)23/h1-5,9,31H,6-8,10H2,(H,24,25,27). The first kappa shape index (κ1) is 22.0. The second-order valence-electron chi connectivity index (χ2n) is 6.89. The molecule has 1 aromatic heterocycles. The number of amides is 1. The van der Waals surface area contributed by atoms with E-state index in [1.807, 2.05) is 12.1 Å². The molecule has 31 heavy (non-hydrogen) atoms. The highest BCUT2D eigenvalue weighted by atomic mass is 35.5. The third kappa shape index (κ3) is 4.85. The number of thiol groups is 1. The van der Waals surface area contributed by atoms with E-state index in [1.165, 1.54) is 23.5 Å². The van der Waals surface area contributed by atoms with E-state index in [2.05, 4.69) is 15.2 Å². The van der Waals surface area contributed by atoms with Crippen molar-refractivity contribution in [2.24, 2.45) is 0 Å². The fourth-order valence-electron chi connectivity index (χ4n) is 3.32. The molecule has 0 fully saturated rings. The fraction of sp³-hybridized carbons (Fsp3) is 0.200. The lowest BCUT2D eigenvalue weighted by atomic mass is 10.1. The van der Waals surface area contributed by atoms with Crippen LogP contribution in [-0.4, -0.2) is 25.9 Å². The molecular weight excluding hydrogens is 484 g/mol. The average molecular weight is 500 g/mol. The van der Waals surface area contributed by atoms with E-state index in [1.54, 1.807) is 6.07 Å². The summed E-state index contributed by atoms with van der Waals surface area (Å²) in [7, 11) is -2.88. The highest BCUT2D eigenvalue weighted by molar-refractivity contribution is 7.72. The van der Waals surface area contributed by atoms with Gasteiger partial charge in [-0.3, -0.25) is 4.79 Å². The van der Waals surface area contributed by atoms with E-state index in [-0.39, 0.29) is 16.9 Å². The molecule has 0 unspecified atom stereocenters. The Morgan fingerprint density at radius 3 is 2.81 bits per heavy atom. The van der Waals surface area contributed by atoms with Crippen molar-refractivity contribution in [1.29, 1.82) is 0 Å². The lowest BCUT2D eigenvalue weighted by Crippen LogP contribution is -2.29. The number of thiazole rings is 1. The quantitative estimate of drug-likeness (QED) is 0.511. The van der Waals surface area contributed by atoms with Gasteiger partial charge in [0.15, 0.2) is 15.8 Å². The van der Waals surface area contributed by atoms with E-state index in [4.69, 9.17) is 23.2 Å². The van der Waals surface area contributed by atoms with Crippen LogP contribution in [0, 0.1) is 5.82 Å². The predicted octanol–water partition coefficient (Wildman–Crippen LogP) is 4.30. The van der Waals surface area contributed by atoms with Gasteiger partial charge < -0.3 is 10.2 Å². The van der Waals surface area contributed by atoms with Gasteiger partial charge in [-0.2, -0.15) is 0 Å². The maximum absolute atomic E-state index is 14.1. The van der Waals surface area contributed by atoms with Gasteiger partial charge >= 0.3 is 0 Å². The number of carbonyl (C=O) groups is 1. The molecule has 0 atom stereocenters. The molecule has 2 aromatic carbocycles. The summed E-state index contributed by atoms with van der Waals surface area (Å²) in [6.45, 7) is 1.30. The largest absolute Gasteiger partial charge is 0.365 e. The van der Waals surface area contributed by atoms with Crippen LogP contribution in [0.1, 0.15) is 16.1 Å². The smallest absolute Gasteiger partial charge is 0.230 e. The van der Waals surface area contributed by atoms with Crippen LogP contribution in [0.2, 0.25) is 10.0 Å². The van der Waals surface area contributed by atoms with Gasteiger partial charge in [0.25, 0.3) is 0 Å². The molecule has 2 heterocycles. The van der Waals surface area contributed by atoms with Crippen LogP contribution in [0.5, 0.6) is 0 Å². The third-order valence-electron chi connectivity index (χ3n) is 4.85. The molecule has 1 N–H and O–H groups in total. The maximum Gasteiger partial charge on any atom is 0.230 e. The van der Waals surface area contributed by atoms with Crippen molar-refractivity contribution in [3.05, 3.63) is 68.4 Å². The Bertz CT molecular complexity index is 1240. The van der Waals surface area contributed by atoms with E-state index in [0.717, 1.165) is 22.3 Å². The minimum absolute atomic E-state index is 0.112. The monoisotopic (exact) mass is 499 g/mol. The van der Waals surface area contributed by atoms with Gasteiger partial charge in [-0.15, -0.1) is 0 Å². The zero-order valence-corrected chi connectivity index (χ0v) is 19.1. The number of rotatable bonds is 5. The van der Waals surface area contributed by atoms with Gasteiger partial charge in [0.05, 0.1) is 39.3 Å². The average Bonchev–Trinajstić information content (AvgIpc) is 3.12. The molecule has 6 nitrogen and oxygen atoms in total. The number of halogens is 3. The number of nitrogens with zero attached hydrogens (tertiary/aromatic N) is 2. The number of carbonyl (C=O) groups excluding carboxylic acids is 1. The molecule has 4 rings (SSSR count). The van der Waals surface area contributed by atoms with Crippen molar-refractivity contribution in [1.82, 2.24) is 4.98 Å². The molecule has 0 bridgehead atoms. The minimum atomic E-state index is -2.88. The normalized spacial score (nSPS) is 13.4. The first-order valence-corrected chi connectivity index (χ1v) is 12.0. The maximum atomic E-state index is 14.1. The number of fused-ring (bicyclic) bond motifs is 1. The van der Waals surface area contributed by atoms with Crippen molar-refractivity contribution in [2.75, 3.05) is 16.8 Å². The van der Waals surface area contributed by atoms with Crippen molar-refractivity contribution >= 4 is 62.0 Å². The summed E-state index contributed by atoms with van der Waals surface area (Å²) in [5, 5.41) is 4.13. The summed E-state index contributed by atoms with van der Waals surface area (Å²) < 4.78 is 36.0. The third-order valence-corrected chi connectivity index (χ3v) is 7.35. The number of hydrogen-bond donors (Lipinski definition) is 2.